The molecule has 1 aliphatic rings. The Morgan fingerprint density at radius 2 is 1.82 bits per heavy atom. The van der Waals surface area contributed by atoms with Gasteiger partial charge in [0.1, 0.15) is 24.1 Å². The first-order valence-corrected chi connectivity index (χ1v) is 11.3. The smallest absolute Gasteiger partial charge is 0.195 e. The van der Waals surface area contributed by atoms with Crippen LogP contribution in [0.2, 0.25) is 0 Å². The maximum Gasteiger partial charge on any atom is 0.195 e. The summed E-state index contributed by atoms with van der Waals surface area (Å²) in [4.78, 5) is 16.1. The van der Waals surface area contributed by atoms with Crippen molar-refractivity contribution in [2.75, 3.05) is 44.8 Å². The topological polar surface area (TPSA) is 74.6 Å². The van der Waals surface area contributed by atoms with Crippen LogP contribution < -0.4 is 10.1 Å². The minimum atomic E-state index is -0.161. The third-order valence-corrected chi connectivity index (χ3v) is 5.67. The van der Waals surface area contributed by atoms with E-state index in [2.05, 4.69) is 16.8 Å². The lowest BCUT2D eigenvalue weighted by Gasteiger charge is -2.26. The van der Waals surface area contributed by atoms with Crippen molar-refractivity contribution in [3.8, 4) is 22.9 Å². The van der Waals surface area contributed by atoms with E-state index < -0.39 is 0 Å². The minimum absolute atomic E-state index is 0.161. The minimum Gasteiger partial charge on any atom is -0.492 e. The van der Waals surface area contributed by atoms with Gasteiger partial charge in [0.25, 0.3) is 0 Å². The molecular formula is C28H27N3O3. The maximum absolute atomic E-state index is 13.8. The number of nitrogens with zero attached hydrogens (tertiary/aromatic N) is 2. The van der Waals surface area contributed by atoms with Crippen LogP contribution in [0.1, 0.15) is 15.9 Å². The van der Waals surface area contributed by atoms with Gasteiger partial charge in [-0.05, 0) is 29.3 Å². The Morgan fingerprint density at radius 3 is 2.59 bits per heavy atom. The van der Waals surface area contributed by atoms with E-state index >= 15 is 0 Å². The number of allylic oxidation sites excluding steroid dienone is 1. The number of benzene rings is 3. The zero-order valence-corrected chi connectivity index (χ0v) is 19.0. The molecule has 6 heteroatoms. The van der Waals surface area contributed by atoms with Gasteiger partial charge < -0.3 is 14.8 Å². The molecule has 0 unspecified atom stereocenters. The summed E-state index contributed by atoms with van der Waals surface area (Å²) in [6, 6.07) is 24.5. The number of hydrogen-bond donors (Lipinski definition) is 1. The molecule has 4 rings (SSSR count). The van der Waals surface area contributed by atoms with E-state index in [4.69, 9.17) is 9.47 Å². The maximum atomic E-state index is 13.8. The van der Waals surface area contributed by atoms with E-state index in [1.54, 1.807) is 18.2 Å². The molecule has 172 valence electrons. The summed E-state index contributed by atoms with van der Waals surface area (Å²) >= 11 is 0. The Kier molecular flexibility index (Phi) is 7.71. The molecule has 6 nitrogen and oxygen atoms in total. The summed E-state index contributed by atoms with van der Waals surface area (Å²) in [5.41, 5.74) is 3.39. The van der Waals surface area contributed by atoms with Crippen molar-refractivity contribution in [2.24, 2.45) is 0 Å². The van der Waals surface area contributed by atoms with Gasteiger partial charge in [0.05, 0.1) is 24.5 Å². The number of hydrogen-bond acceptors (Lipinski definition) is 6. The highest BCUT2D eigenvalue weighted by atomic mass is 16.5. The number of nitriles is 1. The van der Waals surface area contributed by atoms with Gasteiger partial charge in [-0.25, -0.2) is 0 Å². The number of nitrogens with one attached hydrogen (secondary N) is 1. The Balaban J connectivity index is 1.61. The first-order valence-electron chi connectivity index (χ1n) is 11.3. The van der Waals surface area contributed by atoms with Crippen LogP contribution in [-0.4, -0.2) is 50.1 Å². The molecular weight excluding hydrogens is 426 g/mol. The Hall–Kier alpha value is -3.92. The number of carbonyl (C=O) groups excluding carboxylic acids is 1. The van der Waals surface area contributed by atoms with Gasteiger partial charge in [-0.2, -0.15) is 5.26 Å². The largest absolute Gasteiger partial charge is 0.492 e. The molecule has 0 aliphatic carbocycles. The van der Waals surface area contributed by atoms with Crippen LogP contribution in [-0.2, 0) is 4.74 Å². The Labute approximate surface area is 200 Å². The number of carbonyl (C=O) groups is 1. The van der Waals surface area contributed by atoms with Crippen molar-refractivity contribution >= 4 is 11.5 Å². The predicted octanol–water partition coefficient (Wildman–Crippen LogP) is 4.74. The van der Waals surface area contributed by atoms with Gasteiger partial charge >= 0.3 is 0 Å². The second kappa shape index (κ2) is 11.3. The van der Waals surface area contributed by atoms with Crippen molar-refractivity contribution in [1.29, 1.82) is 5.26 Å². The van der Waals surface area contributed by atoms with Crippen molar-refractivity contribution < 1.29 is 14.3 Å². The van der Waals surface area contributed by atoms with Crippen molar-refractivity contribution in [1.82, 2.24) is 4.90 Å². The van der Waals surface area contributed by atoms with Crippen LogP contribution in [0.25, 0.3) is 11.1 Å². The van der Waals surface area contributed by atoms with E-state index in [1.807, 2.05) is 60.7 Å². The van der Waals surface area contributed by atoms with Gasteiger partial charge in [-0.1, -0.05) is 61.2 Å². The van der Waals surface area contributed by atoms with E-state index in [1.165, 1.54) is 0 Å². The molecule has 0 spiro atoms. The summed E-state index contributed by atoms with van der Waals surface area (Å²) < 4.78 is 11.3. The van der Waals surface area contributed by atoms with Crippen LogP contribution in [0.15, 0.2) is 85.1 Å². The number of ether oxygens (including phenoxy) is 2. The van der Waals surface area contributed by atoms with E-state index in [-0.39, 0.29) is 11.5 Å². The van der Waals surface area contributed by atoms with Crippen LogP contribution in [0.5, 0.6) is 5.75 Å². The number of morpholine rings is 1. The highest BCUT2D eigenvalue weighted by Crippen LogP contribution is 2.32. The average molecular weight is 454 g/mol. The quantitative estimate of drug-likeness (QED) is 0.372. The molecule has 0 saturated carbocycles. The zero-order chi connectivity index (χ0) is 23.8. The second-order valence-electron chi connectivity index (χ2n) is 7.97. The third kappa shape index (κ3) is 5.70. The molecule has 1 N–H and O–H groups in total. The van der Waals surface area contributed by atoms with Crippen LogP contribution in [0.4, 0.5) is 5.69 Å². The van der Waals surface area contributed by atoms with Gasteiger partial charge in [0, 0.05) is 25.2 Å². The Bertz CT molecular complexity index is 1200. The molecule has 0 bridgehead atoms. The lowest BCUT2D eigenvalue weighted by atomic mass is 9.92. The standard InChI is InChI=1S/C28H27N3O3/c1-21(20-29)30-26-12-6-11-25(22-7-3-2-4-8-22)27(26)28(32)23-9-5-10-24(19-23)34-18-15-31-13-16-33-17-14-31/h2-12,19,30H,1,13-18H2. The van der Waals surface area contributed by atoms with Gasteiger partial charge in [-0.3, -0.25) is 9.69 Å². The molecule has 1 fully saturated rings. The summed E-state index contributed by atoms with van der Waals surface area (Å²) in [5, 5.41) is 12.2. The van der Waals surface area contributed by atoms with Crippen molar-refractivity contribution in [3.63, 3.8) is 0 Å². The highest BCUT2D eigenvalue weighted by Gasteiger charge is 2.20. The molecule has 34 heavy (non-hydrogen) atoms. The van der Waals surface area contributed by atoms with Crippen molar-refractivity contribution in [3.05, 3.63) is 96.2 Å². The molecule has 0 amide bonds. The summed E-state index contributed by atoms with van der Waals surface area (Å²) in [5.74, 6) is 0.485. The normalized spacial score (nSPS) is 13.6. The monoisotopic (exact) mass is 453 g/mol. The molecule has 0 radical (unpaired) electrons. The lowest BCUT2D eigenvalue weighted by molar-refractivity contribution is 0.0322. The van der Waals surface area contributed by atoms with Crippen LogP contribution in [0.3, 0.4) is 0 Å². The molecule has 1 saturated heterocycles. The van der Waals surface area contributed by atoms with Gasteiger partial charge in [0.15, 0.2) is 5.78 Å². The number of anilines is 1. The summed E-state index contributed by atoms with van der Waals surface area (Å²) in [6.07, 6.45) is 0. The SMILES string of the molecule is C=C(C#N)Nc1cccc(-c2ccccc2)c1C(=O)c1cccc(OCCN2CCOCC2)c1. The second-order valence-corrected chi connectivity index (χ2v) is 7.97. The van der Waals surface area contributed by atoms with Gasteiger partial charge in [0.2, 0.25) is 0 Å². The number of ketones is 1. The van der Waals surface area contributed by atoms with E-state index in [9.17, 15) is 10.1 Å². The van der Waals surface area contributed by atoms with Gasteiger partial charge in [-0.15, -0.1) is 0 Å². The third-order valence-electron chi connectivity index (χ3n) is 5.67. The summed E-state index contributed by atoms with van der Waals surface area (Å²) in [6.45, 7) is 8.37. The Morgan fingerprint density at radius 1 is 1.06 bits per heavy atom. The fraction of sp³-hybridized carbons (Fsp3) is 0.214. The van der Waals surface area contributed by atoms with Crippen molar-refractivity contribution in [2.45, 2.75) is 0 Å². The molecule has 3 aromatic carbocycles. The fourth-order valence-corrected chi connectivity index (χ4v) is 3.94. The predicted molar refractivity (Wildman–Crippen MR) is 133 cm³/mol. The lowest BCUT2D eigenvalue weighted by Crippen LogP contribution is -2.38. The first kappa shape index (κ1) is 23.2. The molecule has 0 aromatic heterocycles. The molecule has 3 aromatic rings. The zero-order valence-electron chi connectivity index (χ0n) is 19.0. The van der Waals surface area contributed by atoms with E-state index in [0.29, 0.717) is 29.2 Å². The molecule has 0 atom stereocenters. The van der Waals surface area contributed by atoms with Crippen LogP contribution >= 0.6 is 0 Å². The highest BCUT2D eigenvalue weighted by molar-refractivity contribution is 6.16. The van der Waals surface area contributed by atoms with E-state index in [0.717, 1.165) is 44.0 Å². The fourth-order valence-electron chi connectivity index (χ4n) is 3.94. The number of rotatable bonds is 9. The first-order chi connectivity index (χ1) is 16.7. The summed E-state index contributed by atoms with van der Waals surface area (Å²) in [7, 11) is 0. The van der Waals surface area contributed by atoms with Crippen LogP contribution in [0, 0.1) is 11.3 Å². The molecule has 1 heterocycles. The molecule has 1 aliphatic heterocycles. The average Bonchev–Trinajstić information content (AvgIpc) is 2.89.